The molecule has 1 fully saturated rings. The van der Waals surface area contributed by atoms with Crippen molar-refractivity contribution < 1.29 is 0 Å². The summed E-state index contributed by atoms with van der Waals surface area (Å²) < 4.78 is 0. The molecule has 2 heterocycles. The molecule has 0 bridgehead atoms. The largest absolute Gasteiger partial charge is 0.352 e. The predicted octanol–water partition coefficient (Wildman–Crippen LogP) is 2.30. The molecule has 1 aliphatic rings. The summed E-state index contributed by atoms with van der Waals surface area (Å²) in [5.74, 6) is 2.29. The zero-order valence-electron chi connectivity index (χ0n) is 11.5. The van der Waals surface area contributed by atoms with Gasteiger partial charge in [-0.1, -0.05) is 13.0 Å². The topological polar surface area (TPSA) is 42.1 Å². The average molecular weight is 265 g/mol. The van der Waals surface area contributed by atoms with Gasteiger partial charge in [-0.25, -0.2) is 4.98 Å². The Hall–Kier alpha value is -0.740. The van der Waals surface area contributed by atoms with Gasteiger partial charge in [-0.15, -0.1) is 0 Å². The Morgan fingerprint density at radius 2 is 2.28 bits per heavy atom. The monoisotopic (exact) mass is 265 g/mol. The van der Waals surface area contributed by atoms with Gasteiger partial charge in [0.25, 0.3) is 0 Å². The molecule has 0 saturated carbocycles. The fourth-order valence-corrected chi connectivity index (χ4v) is 3.43. The van der Waals surface area contributed by atoms with E-state index in [0.29, 0.717) is 11.3 Å². The summed E-state index contributed by atoms with van der Waals surface area (Å²) in [7, 11) is 0. The van der Waals surface area contributed by atoms with E-state index in [-0.39, 0.29) is 6.04 Å². The second-order valence-electron chi connectivity index (χ2n) is 5.22. The third-order valence-electron chi connectivity index (χ3n) is 3.54. The summed E-state index contributed by atoms with van der Waals surface area (Å²) in [5, 5.41) is 0.671. The molecule has 0 aromatic carbocycles. The Kier molecular flexibility index (Phi) is 4.51. The zero-order valence-corrected chi connectivity index (χ0v) is 12.3. The van der Waals surface area contributed by atoms with Crippen molar-refractivity contribution in [2.45, 2.75) is 44.5 Å². The van der Waals surface area contributed by atoms with Crippen LogP contribution in [0.1, 0.15) is 26.3 Å². The number of nitrogens with two attached hydrogens (primary N) is 1. The van der Waals surface area contributed by atoms with E-state index >= 15 is 0 Å². The van der Waals surface area contributed by atoms with Crippen molar-refractivity contribution in [3.63, 3.8) is 0 Å². The van der Waals surface area contributed by atoms with Gasteiger partial charge in [0, 0.05) is 35.8 Å². The maximum absolute atomic E-state index is 5.80. The highest BCUT2D eigenvalue weighted by Crippen LogP contribution is 2.27. The van der Waals surface area contributed by atoms with Crippen molar-refractivity contribution in [3.05, 3.63) is 23.9 Å². The molecule has 100 valence electrons. The lowest BCUT2D eigenvalue weighted by molar-refractivity contribution is 0.620. The fourth-order valence-electron chi connectivity index (χ4n) is 2.34. The van der Waals surface area contributed by atoms with Crippen molar-refractivity contribution >= 4 is 17.6 Å². The molecule has 0 spiro atoms. The highest BCUT2D eigenvalue weighted by Gasteiger charge is 2.25. The molecule has 0 amide bonds. The second kappa shape index (κ2) is 5.93. The molecular weight excluding hydrogens is 242 g/mol. The quantitative estimate of drug-likeness (QED) is 0.910. The normalized spacial score (nSPS) is 26.1. The molecule has 2 rings (SSSR count). The van der Waals surface area contributed by atoms with Crippen LogP contribution in [0, 0.1) is 0 Å². The molecule has 3 nitrogen and oxygen atoms in total. The Balaban J connectivity index is 2.09. The number of anilines is 1. The van der Waals surface area contributed by atoms with E-state index in [1.807, 2.05) is 13.1 Å². The lowest BCUT2D eigenvalue weighted by atomic mass is 10.1. The molecule has 18 heavy (non-hydrogen) atoms. The molecule has 3 unspecified atom stereocenters. The van der Waals surface area contributed by atoms with Crippen LogP contribution in [0.4, 0.5) is 5.82 Å². The highest BCUT2D eigenvalue weighted by atomic mass is 32.2. The van der Waals surface area contributed by atoms with E-state index in [9.17, 15) is 0 Å². The lowest BCUT2D eigenvalue weighted by Gasteiger charge is -2.38. The molecule has 2 N–H and O–H groups in total. The second-order valence-corrected chi connectivity index (χ2v) is 6.70. The summed E-state index contributed by atoms with van der Waals surface area (Å²) in [5.41, 5.74) is 7.03. The van der Waals surface area contributed by atoms with Crippen LogP contribution >= 0.6 is 11.8 Å². The third-order valence-corrected chi connectivity index (χ3v) is 4.88. The van der Waals surface area contributed by atoms with Gasteiger partial charge in [-0.2, -0.15) is 11.8 Å². The van der Waals surface area contributed by atoms with Gasteiger partial charge in [0.05, 0.1) is 0 Å². The first-order valence-corrected chi connectivity index (χ1v) is 7.71. The van der Waals surface area contributed by atoms with Crippen molar-refractivity contribution in [2.24, 2.45) is 5.73 Å². The number of rotatable bonds is 3. The van der Waals surface area contributed by atoms with E-state index in [1.165, 1.54) is 11.3 Å². The van der Waals surface area contributed by atoms with E-state index < -0.39 is 0 Å². The molecule has 1 aliphatic heterocycles. The Bertz CT molecular complexity index is 377. The van der Waals surface area contributed by atoms with Crippen LogP contribution in [0.25, 0.3) is 0 Å². The van der Waals surface area contributed by atoms with Crippen LogP contribution in [0.2, 0.25) is 0 Å². The maximum atomic E-state index is 5.80. The first-order valence-electron chi connectivity index (χ1n) is 6.66. The Morgan fingerprint density at radius 3 is 2.89 bits per heavy atom. The minimum Gasteiger partial charge on any atom is -0.352 e. The predicted molar refractivity (Wildman–Crippen MR) is 80.3 cm³/mol. The number of hydrogen-bond donors (Lipinski definition) is 1. The number of aromatic nitrogens is 1. The van der Waals surface area contributed by atoms with Gasteiger partial charge in [-0.05, 0) is 31.9 Å². The van der Waals surface area contributed by atoms with Crippen molar-refractivity contribution in [1.82, 2.24) is 4.98 Å². The van der Waals surface area contributed by atoms with Crippen LogP contribution in [0.15, 0.2) is 18.3 Å². The fraction of sp³-hybridized carbons (Fsp3) is 0.643. The summed E-state index contributed by atoms with van der Waals surface area (Å²) in [6, 6.07) is 5.04. The SMILES string of the molecule is CC(N)Cc1ccc(N2CCSC(C)C2C)nc1. The number of hydrogen-bond acceptors (Lipinski definition) is 4. The maximum Gasteiger partial charge on any atom is 0.128 e. The third kappa shape index (κ3) is 3.18. The van der Waals surface area contributed by atoms with Crippen LogP contribution < -0.4 is 10.6 Å². The standard InChI is InChI=1S/C14H23N3S/c1-10(15)8-13-4-5-14(16-9-13)17-6-7-18-12(3)11(17)2/h4-5,9-12H,6-8,15H2,1-3H3. The molecule has 1 saturated heterocycles. The van der Waals surface area contributed by atoms with Crippen LogP contribution in [-0.2, 0) is 6.42 Å². The van der Waals surface area contributed by atoms with Gasteiger partial charge < -0.3 is 10.6 Å². The smallest absolute Gasteiger partial charge is 0.128 e. The van der Waals surface area contributed by atoms with Gasteiger partial charge >= 0.3 is 0 Å². The van der Waals surface area contributed by atoms with Crippen LogP contribution in [-0.4, -0.2) is 34.6 Å². The van der Waals surface area contributed by atoms with Crippen molar-refractivity contribution in [2.75, 3.05) is 17.2 Å². The van der Waals surface area contributed by atoms with Gasteiger partial charge in [-0.3, -0.25) is 0 Å². The number of nitrogens with zero attached hydrogens (tertiary/aromatic N) is 2. The molecule has 3 atom stereocenters. The first-order chi connectivity index (χ1) is 8.58. The molecular formula is C14H23N3S. The molecule has 4 heteroatoms. The summed E-state index contributed by atoms with van der Waals surface area (Å²) in [6.45, 7) is 7.70. The molecule has 0 radical (unpaired) electrons. The van der Waals surface area contributed by atoms with Gasteiger partial charge in [0.2, 0.25) is 0 Å². The highest BCUT2D eigenvalue weighted by molar-refractivity contribution is 8.00. The average Bonchev–Trinajstić information content (AvgIpc) is 2.33. The van der Waals surface area contributed by atoms with Gasteiger partial charge in [0.15, 0.2) is 0 Å². The van der Waals surface area contributed by atoms with E-state index in [4.69, 9.17) is 5.73 Å². The minimum absolute atomic E-state index is 0.197. The number of thioether (sulfide) groups is 1. The summed E-state index contributed by atoms with van der Waals surface area (Å²) in [6.07, 6.45) is 2.87. The molecule has 0 aliphatic carbocycles. The number of pyridine rings is 1. The Morgan fingerprint density at radius 1 is 1.50 bits per heavy atom. The first kappa shape index (κ1) is 13.7. The van der Waals surface area contributed by atoms with Gasteiger partial charge in [0.1, 0.15) is 5.82 Å². The van der Waals surface area contributed by atoms with E-state index in [0.717, 1.165) is 18.8 Å². The molecule has 1 aromatic rings. The minimum atomic E-state index is 0.197. The summed E-state index contributed by atoms with van der Waals surface area (Å²) in [4.78, 5) is 7.01. The van der Waals surface area contributed by atoms with Crippen molar-refractivity contribution in [3.8, 4) is 0 Å². The van der Waals surface area contributed by atoms with Crippen LogP contribution in [0.5, 0.6) is 0 Å². The lowest BCUT2D eigenvalue weighted by Crippen LogP contribution is -2.45. The molecule has 1 aromatic heterocycles. The van der Waals surface area contributed by atoms with E-state index in [1.54, 1.807) is 0 Å². The Labute approximate surface area is 114 Å². The van der Waals surface area contributed by atoms with E-state index in [2.05, 4.69) is 47.6 Å². The van der Waals surface area contributed by atoms with Crippen LogP contribution in [0.3, 0.4) is 0 Å². The zero-order chi connectivity index (χ0) is 13.1. The summed E-state index contributed by atoms with van der Waals surface area (Å²) >= 11 is 2.05. The van der Waals surface area contributed by atoms with Crippen molar-refractivity contribution in [1.29, 1.82) is 0 Å².